The van der Waals surface area contributed by atoms with E-state index in [1.807, 2.05) is 0 Å². The number of oxime groups is 1. The first kappa shape index (κ1) is 31.6. The summed E-state index contributed by atoms with van der Waals surface area (Å²) in [6.45, 7) is -0.876. The summed E-state index contributed by atoms with van der Waals surface area (Å²) in [6.07, 6.45) is 0. The second-order valence-corrected chi connectivity index (χ2v) is 11.4. The molecule has 0 saturated carbocycles. The average Bonchev–Trinajstić information content (AvgIpc) is 3.47. The van der Waals surface area contributed by atoms with Gasteiger partial charge in [-0.3, -0.25) is 23.7 Å². The van der Waals surface area contributed by atoms with Crippen molar-refractivity contribution >= 4 is 87.2 Å². The van der Waals surface area contributed by atoms with E-state index in [1.54, 1.807) is 0 Å². The standard InChI is InChI=1S/C18H15N7O10S4.Na/c19-18-21-10(23-39-18)7(22-35-1-5(26)27)12(29)20-8-13(30)25-9(16(33)34)4(2-36-14(8)25)3-37-17-6(15(31)32)11(28)24-38-17;/h8,14H,1-3H2,(H,20,29)(H,24,28)(H,26,27)(H,31,32)(H,33,34)(H2,19,21,23);/q;+1/p-1/t8?,14-;/m0./s1. The van der Waals surface area contributed by atoms with Gasteiger partial charge in [-0.25, -0.2) is 9.59 Å². The zero-order valence-electron chi connectivity index (χ0n) is 19.9. The van der Waals surface area contributed by atoms with Crippen molar-refractivity contribution in [2.24, 2.45) is 5.16 Å². The molecule has 0 bridgehead atoms. The van der Waals surface area contributed by atoms with E-state index in [4.69, 9.17) is 10.8 Å². The Hall–Kier alpha value is -2.95. The number of fused-ring (bicyclic) bond motifs is 1. The summed E-state index contributed by atoms with van der Waals surface area (Å²) < 4.78 is 6.27. The Labute approximate surface area is 260 Å². The number of carboxylic acids is 3. The summed E-state index contributed by atoms with van der Waals surface area (Å²) in [5.74, 6) is -6.47. The Morgan fingerprint density at radius 3 is 2.62 bits per heavy atom. The molecule has 2 atom stereocenters. The smallest absolute Gasteiger partial charge is 0.543 e. The van der Waals surface area contributed by atoms with E-state index < -0.39 is 70.3 Å². The van der Waals surface area contributed by atoms with Crippen LogP contribution in [0.15, 0.2) is 25.4 Å². The fourth-order valence-electron chi connectivity index (χ4n) is 3.39. The molecule has 0 aromatic carbocycles. The van der Waals surface area contributed by atoms with Crippen LogP contribution in [-0.4, -0.2) is 93.8 Å². The topological polar surface area (TPSA) is 270 Å². The molecule has 22 heteroatoms. The van der Waals surface area contributed by atoms with E-state index >= 15 is 0 Å². The normalized spacial score (nSPS) is 18.4. The van der Waals surface area contributed by atoms with Gasteiger partial charge in [-0.15, -0.1) is 23.5 Å². The number of amides is 2. The van der Waals surface area contributed by atoms with Gasteiger partial charge in [0.1, 0.15) is 11.4 Å². The van der Waals surface area contributed by atoms with Gasteiger partial charge in [-0.05, 0) is 5.57 Å². The summed E-state index contributed by atoms with van der Waals surface area (Å²) in [5.41, 5.74) is 3.55. The number of aromatic nitrogens is 3. The maximum atomic E-state index is 12.9. The molecule has 0 spiro atoms. The molecule has 17 nitrogen and oxygen atoms in total. The molecule has 0 aliphatic carbocycles. The number of carbonyl (C=O) groups is 5. The third-order valence-electron chi connectivity index (χ3n) is 5.00. The number of carboxylic acid groups (broad SMARTS) is 3. The molecular weight excluding hydrogens is 625 g/mol. The van der Waals surface area contributed by atoms with Crippen molar-refractivity contribution in [3.05, 3.63) is 33.0 Å². The summed E-state index contributed by atoms with van der Waals surface area (Å²) in [6, 6.07) is -1.19. The number of rotatable bonds is 11. The molecule has 1 unspecified atom stereocenters. The molecule has 1 saturated heterocycles. The number of hydrogen-bond acceptors (Lipinski definition) is 16. The van der Waals surface area contributed by atoms with Gasteiger partial charge in [0.15, 0.2) is 10.7 Å². The van der Waals surface area contributed by atoms with Gasteiger partial charge in [0.05, 0.1) is 15.9 Å². The van der Waals surface area contributed by atoms with Gasteiger partial charge in [0, 0.05) is 23.0 Å². The van der Waals surface area contributed by atoms with Crippen LogP contribution >= 0.6 is 46.6 Å². The van der Waals surface area contributed by atoms with Crippen LogP contribution in [0.5, 0.6) is 0 Å². The molecule has 2 aromatic rings. The van der Waals surface area contributed by atoms with Crippen molar-refractivity contribution in [1.82, 2.24) is 23.9 Å². The maximum absolute atomic E-state index is 12.9. The van der Waals surface area contributed by atoms with Gasteiger partial charge in [0.2, 0.25) is 18.1 Å². The van der Waals surface area contributed by atoms with Crippen molar-refractivity contribution < 1.29 is 73.7 Å². The number of carbonyl (C=O) groups excluding carboxylic acids is 3. The number of aromatic carboxylic acids is 1. The quantitative estimate of drug-likeness (QED) is 0.0505. The van der Waals surface area contributed by atoms with E-state index in [2.05, 4.69) is 29.0 Å². The number of nitrogens with one attached hydrogen (secondary N) is 2. The minimum absolute atomic E-state index is 0. The molecule has 2 aromatic heterocycles. The average molecular weight is 640 g/mol. The largest absolute Gasteiger partial charge is 1.00 e. The van der Waals surface area contributed by atoms with E-state index in [-0.39, 0.29) is 61.8 Å². The van der Waals surface area contributed by atoms with Crippen molar-refractivity contribution in [2.75, 3.05) is 23.8 Å². The molecule has 4 rings (SSSR count). The number of aromatic amines is 1. The number of anilines is 1. The second kappa shape index (κ2) is 13.1. The number of nitrogen functional groups attached to an aromatic ring is 1. The number of nitrogens with two attached hydrogens (primary N) is 1. The second-order valence-electron chi connectivity index (χ2n) is 7.45. The fourth-order valence-corrected chi connectivity index (χ4v) is 7.27. The third kappa shape index (κ3) is 6.50. The molecule has 6 N–H and O–H groups in total. The van der Waals surface area contributed by atoms with E-state index in [0.29, 0.717) is 0 Å². The van der Waals surface area contributed by atoms with Crippen LogP contribution in [-0.2, 0) is 24.0 Å². The number of hydrogen-bond donors (Lipinski definition) is 5. The van der Waals surface area contributed by atoms with Crippen molar-refractivity contribution in [3.8, 4) is 0 Å². The Morgan fingerprint density at radius 1 is 1.30 bits per heavy atom. The van der Waals surface area contributed by atoms with E-state index in [9.17, 15) is 39.0 Å². The molecule has 40 heavy (non-hydrogen) atoms. The summed E-state index contributed by atoms with van der Waals surface area (Å²) in [4.78, 5) is 80.9. The number of β-lactam (4-membered cyclic amide) rings is 1. The number of aliphatic carboxylic acids is 2. The summed E-state index contributed by atoms with van der Waals surface area (Å²) >= 11 is 3.57. The van der Waals surface area contributed by atoms with Crippen LogP contribution in [0, 0.1) is 0 Å². The summed E-state index contributed by atoms with van der Waals surface area (Å²) in [7, 11) is 0. The Balaban J connectivity index is 0.00000441. The van der Waals surface area contributed by atoms with Gasteiger partial charge >= 0.3 is 41.5 Å². The maximum Gasteiger partial charge on any atom is 1.00 e. The zero-order chi connectivity index (χ0) is 28.4. The number of nitrogens with zero attached hydrogens (tertiary/aromatic N) is 4. The minimum Gasteiger partial charge on any atom is -0.543 e. The molecule has 2 aliphatic rings. The molecular formula is C18H14N7NaO10S4. The van der Waals surface area contributed by atoms with Gasteiger partial charge in [-0.1, -0.05) is 16.7 Å². The van der Waals surface area contributed by atoms with Crippen molar-refractivity contribution in [3.63, 3.8) is 0 Å². The number of thioether (sulfide) groups is 2. The Morgan fingerprint density at radius 2 is 2.02 bits per heavy atom. The van der Waals surface area contributed by atoms with Gasteiger partial charge in [0.25, 0.3) is 17.4 Å². The molecule has 1 fully saturated rings. The van der Waals surface area contributed by atoms with Crippen LogP contribution < -0.4 is 51.3 Å². The van der Waals surface area contributed by atoms with Gasteiger partial charge < -0.3 is 36.0 Å². The molecule has 2 aliphatic heterocycles. The van der Waals surface area contributed by atoms with Crippen LogP contribution in [0.2, 0.25) is 0 Å². The zero-order valence-corrected chi connectivity index (χ0v) is 25.2. The third-order valence-corrected chi connectivity index (χ3v) is 9.12. The van der Waals surface area contributed by atoms with Crippen LogP contribution in [0.1, 0.15) is 16.2 Å². The van der Waals surface area contributed by atoms with Crippen molar-refractivity contribution in [1.29, 1.82) is 0 Å². The predicted octanol–water partition coefficient (Wildman–Crippen LogP) is -5.43. The summed E-state index contributed by atoms with van der Waals surface area (Å²) in [5, 5.41) is 34.9. The number of H-pyrrole nitrogens is 1. The molecule has 206 valence electrons. The van der Waals surface area contributed by atoms with E-state index in [0.717, 1.165) is 51.5 Å². The van der Waals surface area contributed by atoms with Crippen LogP contribution in [0.25, 0.3) is 0 Å². The Bertz CT molecular complexity index is 1500. The van der Waals surface area contributed by atoms with E-state index in [1.165, 1.54) is 0 Å². The Kier molecular flexibility index (Phi) is 10.4. The first-order valence-corrected chi connectivity index (χ1v) is 13.9. The molecule has 2 amide bonds. The molecule has 0 radical (unpaired) electrons. The van der Waals surface area contributed by atoms with Crippen molar-refractivity contribution in [2.45, 2.75) is 15.6 Å². The van der Waals surface area contributed by atoms with Crippen LogP contribution in [0.4, 0.5) is 5.13 Å². The van der Waals surface area contributed by atoms with Gasteiger partial charge in [-0.2, -0.15) is 9.36 Å². The minimum atomic E-state index is -1.65. The predicted molar refractivity (Wildman–Crippen MR) is 134 cm³/mol. The fraction of sp³-hybridized carbons (Fsp3) is 0.278. The SMILES string of the molecule is Nc1nc(C(=NOCC(=O)O)C(=O)NC2C(=O)N3C(C(=O)[O-])=C(CSc4s[nH]c(=O)c4C(=O)O)CS[C@@H]23)ns1.[Na+]. The first-order valence-electron chi connectivity index (χ1n) is 10.3. The monoisotopic (exact) mass is 639 g/mol. The first-order chi connectivity index (χ1) is 18.5. The molecule has 4 heterocycles. The van der Waals surface area contributed by atoms with Crippen LogP contribution in [0.3, 0.4) is 0 Å².